The fourth-order valence-corrected chi connectivity index (χ4v) is 2.20. The average molecular weight is 338 g/mol. The number of amides is 1. The molecule has 0 aliphatic heterocycles. The van der Waals surface area contributed by atoms with Crippen LogP contribution in [0.2, 0.25) is 10.0 Å². The number of nitrogens with one attached hydrogen (secondary N) is 1. The third-order valence-electron chi connectivity index (χ3n) is 3.06. The zero-order valence-corrected chi connectivity index (χ0v) is 13.7. The molecule has 3 nitrogen and oxygen atoms in total. The number of halogens is 2. The highest BCUT2D eigenvalue weighted by atomic mass is 35.5. The van der Waals surface area contributed by atoms with Crippen molar-refractivity contribution in [3.05, 3.63) is 58.1 Å². The Balaban J connectivity index is 2.09. The summed E-state index contributed by atoms with van der Waals surface area (Å²) in [5, 5.41) is 3.48. The smallest absolute Gasteiger partial charge is 0.255 e. The van der Waals surface area contributed by atoms with Gasteiger partial charge in [-0.3, -0.25) is 4.79 Å². The highest BCUT2D eigenvalue weighted by Crippen LogP contribution is 2.30. The predicted molar refractivity (Wildman–Crippen MR) is 91.3 cm³/mol. The maximum absolute atomic E-state index is 12.3. The maximum atomic E-state index is 12.3. The molecule has 22 heavy (non-hydrogen) atoms. The summed E-state index contributed by atoms with van der Waals surface area (Å²) < 4.78 is 5.60. The van der Waals surface area contributed by atoms with Gasteiger partial charge in [-0.15, -0.1) is 0 Å². The Kier molecular flexibility index (Phi) is 6.10. The van der Waals surface area contributed by atoms with E-state index in [2.05, 4.69) is 12.2 Å². The van der Waals surface area contributed by atoms with Crippen molar-refractivity contribution >= 4 is 34.8 Å². The minimum absolute atomic E-state index is 0.259. The van der Waals surface area contributed by atoms with Crippen molar-refractivity contribution in [1.82, 2.24) is 0 Å². The van der Waals surface area contributed by atoms with Crippen LogP contribution in [0.3, 0.4) is 0 Å². The molecule has 0 fully saturated rings. The van der Waals surface area contributed by atoms with E-state index in [9.17, 15) is 4.79 Å². The Morgan fingerprint density at radius 1 is 1.18 bits per heavy atom. The van der Waals surface area contributed by atoms with E-state index in [4.69, 9.17) is 27.9 Å². The number of hydrogen-bond donors (Lipinski definition) is 1. The molecule has 116 valence electrons. The minimum Gasteiger partial charge on any atom is -0.494 e. The molecule has 0 unspecified atom stereocenters. The lowest BCUT2D eigenvalue weighted by Gasteiger charge is -2.10. The third-order valence-corrected chi connectivity index (χ3v) is 3.88. The number of carbonyl (C=O) groups is 1. The molecule has 0 spiro atoms. The topological polar surface area (TPSA) is 38.3 Å². The molecule has 0 atom stereocenters. The number of unbranched alkanes of at least 4 members (excludes halogenated alkanes) is 1. The largest absolute Gasteiger partial charge is 0.494 e. The summed E-state index contributed by atoms with van der Waals surface area (Å²) in [6.45, 7) is 2.74. The van der Waals surface area contributed by atoms with Crippen LogP contribution in [0, 0.1) is 0 Å². The van der Waals surface area contributed by atoms with Gasteiger partial charge in [-0.25, -0.2) is 0 Å². The molecule has 2 rings (SSSR count). The summed E-state index contributed by atoms with van der Waals surface area (Å²) in [4.78, 5) is 12.3. The molecule has 2 aromatic rings. The first kappa shape index (κ1) is 16.7. The van der Waals surface area contributed by atoms with Gasteiger partial charge in [-0.1, -0.05) is 48.7 Å². The Morgan fingerprint density at radius 2 is 1.95 bits per heavy atom. The lowest BCUT2D eigenvalue weighted by molar-refractivity contribution is 0.102. The van der Waals surface area contributed by atoms with Gasteiger partial charge < -0.3 is 10.1 Å². The van der Waals surface area contributed by atoms with Gasteiger partial charge in [0.1, 0.15) is 5.75 Å². The van der Waals surface area contributed by atoms with Crippen molar-refractivity contribution in [2.24, 2.45) is 0 Å². The van der Waals surface area contributed by atoms with Gasteiger partial charge in [0.15, 0.2) is 0 Å². The van der Waals surface area contributed by atoms with Crippen LogP contribution in [0.25, 0.3) is 0 Å². The van der Waals surface area contributed by atoms with Crippen LogP contribution in [0.5, 0.6) is 5.75 Å². The van der Waals surface area contributed by atoms with Crippen LogP contribution in [0.15, 0.2) is 42.5 Å². The molecule has 5 heteroatoms. The van der Waals surface area contributed by atoms with Crippen molar-refractivity contribution in [3.8, 4) is 5.75 Å². The lowest BCUT2D eigenvalue weighted by atomic mass is 10.2. The van der Waals surface area contributed by atoms with E-state index in [-0.39, 0.29) is 5.91 Å². The van der Waals surface area contributed by atoms with Crippen LogP contribution in [-0.4, -0.2) is 12.5 Å². The summed E-state index contributed by atoms with van der Waals surface area (Å²) in [6.07, 6.45) is 2.04. The number of rotatable bonds is 6. The SMILES string of the molecule is CCCCOc1cccc(C(=O)Nc2cccc(Cl)c2Cl)c1. The predicted octanol–water partition coefficient (Wildman–Crippen LogP) is 5.42. The summed E-state index contributed by atoms with van der Waals surface area (Å²) in [7, 11) is 0. The third kappa shape index (κ3) is 4.39. The number of ether oxygens (including phenoxy) is 1. The van der Waals surface area contributed by atoms with E-state index >= 15 is 0 Å². The number of benzene rings is 2. The molecule has 0 saturated heterocycles. The van der Waals surface area contributed by atoms with Crippen molar-refractivity contribution < 1.29 is 9.53 Å². The van der Waals surface area contributed by atoms with Gasteiger partial charge in [-0.2, -0.15) is 0 Å². The summed E-state index contributed by atoms with van der Waals surface area (Å²) in [6, 6.07) is 12.2. The molecule has 1 N–H and O–H groups in total. The van der Waals surface area contributed by atoms with Gasteiger partial charge in [-0.05, 0) is 36.8 Å². The van der Waals surface area contributed by atoms with Crippen molar-refractivity contribution in [3.63, 3.8) is 0 Å². The Hall–Kier alpha value is -1.71. The molecule has 0 aliphatic carbocycles. The number of anilines is 1. The van der Waals surface area contributed by atoms with Gasteiger partial charge in [0.05, 0.1) is 22.3 Å². The van der Waals surface area contributed by atoms with Gasteiger partial charge in [0.2, 0.25) is 0 Å². The van der Waals surface area contributed by atoms with Crippen LogP contribution >= 0.6 is 23.2 Å². The number of hydrogen-bond acceptors (Lipinski definition) is 2. The molecular formula is C17H17Cl2NO2. The molecule has 0 heterocycles. The van der Waals surface area contributed by atoms with Gasteiger partial charge in [0, 0.05) is 5.56 Å². The van der Waals surface area contributed by atoms with E-state index < -0.39 is 0 Å². The Bertz CT molecular complexity index is 659. The molecule has 0 aliphatic rings. The fraction of sp³-hybridized carbons (Fsp3) is 0.235. The van der Waals surface area contributed by atoms with E-state index in [1.165, 1.54) is 0 Å². The van der Waals surface area contributed by atoms with E-state index in [0.717, 1.165) is 12.8 Å². The first-order chi connectivity index (χ1) is 10.6. The van der Waals surface area contributed by atoms with Crippen LogP contribution in [0.1, 0.15) is 30.1 Å². The highest BCUT2D eigenvalue weighted by molar-refractivity contribution is 6.44. The lowest BCUT2D eigenvalue weighted by Crippen LogP contribution is -2.12. The standard InChI is InChI=1S/C17H17Cl2NO2/c1-2-3-10-22-13-7-4-6-12(11-13)17(21)20-15-9-5-8-14(18)16(15)19/h4-9,11H,2-3,10H2,1H3,(H,20,21). The Labute approximate surface area is 140 Å². The molecule has 2 aromatic carbocycles. The minimum atomic E-state index is -0.259. The fourth-order valence-electron chi connectivity index (χ4n) is 1.86. The monoisotopic (exact) mass is 337 g/mol. The zero-order chi connectivity index (χ0) is 15.9. The second-order valence-electron chi connectivity index (χ2n) is 4.79. The van der Waals surface area contributed by atoms with E-state index in [1.807, 2.05) is 6.07 Å². The van der Waals surface area contributed by atoms with Gasteiger partial charge in [0.25, 0.3) is 5.91 Å². The van der Waals surface area contributed by atoms with Crippen molar-refractivity contribution in [2.75, 3.05) is 11.9 Å². The van der Waals surface area contributed by atoms with Crippen LogP contribution in [-0.2, 0) is 0 Å². The molecule has 0 aromatic heterocycles. The number of carbonyl (C=O) groups excluding carboxylic acids is 1. The zero-order valence-electron chi connectivity index (χ0n) is 12.2. The molecule has 1 amide bonds. The first-order valence-electron chi connectivity index (χ1n) is 7.10. The van der Waals surface area contributed by atoms with E-state index in [1.54, 1.807) is 36.4 Å². The average Bonchev–Trinajstić information content (AvgIpc) is 2.52. The van der Waals surface area contributed by atoms with E-state index in [0.29, 0.717) is 33.7 Å². The van der Waals surface area contributed by atoms with Crippen LogP contribution in [0.4, 0.5) is 5.69 Å². The molecule has 0 bridgehead atoms. The van der Waals surface area contributed by atoms with Crippen molar-refractivity contribution in [2.45, 2.75) is 19.8 Å². The molecular weight excluding hydrogens is 321 g/mol. The second kappa shape index (κ2) is 8.06. The van der Waals surface area contributed by atoms with Crippen LogP contribution < -0.4 is 10.1 Å². The maximum Gasteiger partial charge on any atom is 0.255 e. The molecule has 0 saturated carbocycles. The Morgan fingerprint density at radius 3 is 2.73 bits per heavy atom. The summed E-state index contributed by atoms with van der Waals surface area (Å²) in [5.74, 6) is 0.420. The van der Waals surface area contributed by atoms with Crippen molar-refractivity contribution in [1.29, 1.82) is 0 Å². The summed E-state index contributed by atoms with van der Waals surface area (Å²) >= 11 is 12.0. The van der Waals surface area contributed by atoms with Gasteiger partial charge >= 0.3 is 0 Å². The first-order valence-corrected chi connectivity index (χ1v) is 7.85. The summed E-state index contributed by atoms with van der Waals surface area (Å²) in [5.41, 5.74) is 0.988. The second-order valence-corrected chi connectivity index (χ2v) is 5.57. The molecule has 0 radical (unpaired) electrons. The highest BCUT2D eigenvalue weighted by Gasteiger charge is 2.11. The normalized spacial score (nSPS) is 10.3. The quantitative estimate of drug-likeness (QED) is 0.714.